The highest BCUT2D eigenvalue weighted by Gasteiger charge is 2.13. The minimum Gasteiger partial charge on any atom is -0.493 e. The smallest absolute Gasteiger partial charge is 0.164 e. The fourth-order valence-corrected chi connectivity index (χ4v) is 1.92. The van der Waals surface area contributed by atoms with Crippen LogP contribution in [0.4, 0.5) is 8.78 Å². The summed E-state index contributed by atoms with van der Waals surface area (Å²) in [5.74, 6) is -0.759. The molecule has 19 heavy (non-hydrogen) atoms. The predicted molar refractivity (Wildman–Crippen MR) is 69.4 cm³/mol. The van der Waals surface area contributed by atoms with E-state index in [0.29, 0.717) is 28.2 Å². The number of halogens is 2. The molecule has 0 aliphatic rings. The van der Waals surface area contributed by atoms with E-state index < -0.39 is 11.6 Å². The molecule has 0 spiro atoms. The average molecular weight is 263 g/mol. The second kappa shape index (κ2) is 5.26. The highest BCUT2D eigenvalue weighted by molar-refractivity contribution is 5.73. The van der Waals surface area contributed by atoms with Crippen LogP contribution >= 0.6 is 0 Å². The number of rotatable bonds is 3. The van der Waals surface area contributed by atoms with Gasteiger partial charge in [0.2, 0.25) is 0 Å². The molecule has 0 bridgehead atoms. The molecule has 0 aromatic heterocycles. The molecule has 2 aromatic carbocycles. The predicted octanol–water partition coefficient (Wildman–Crippen LogP) is 3.83. The Bertz CT molecular complexity index is 609. The van der Waals surface area contributed by atoms with Crippen LogP contribution in [0.25, 0.3) is 11.1 Å². The van der Waals surface area contributed by atoms with Gasteiger partial charge in [-0.25, -0.2) is 8.78 Å². The highest BCUT2D eigenvalue weighted by Crippen LogP contribution is 2.37. The van der Waals surface area contributed by atoms with Crippen molar-refractivity contribution in [2.45, 2.75) is 0 Å². The van der Waals surface area contributed by atoms with Gasteiger partial charge in [-0.3, -0.25) is 0 Å². The third-order valence-corrected chi connectivity index (χ3v) is 2.88. The van der Waals surface area contributed by atoms with E-state index in [1.165, 1.54) is 20.3 Å². The molecule has 1 radical (unpaired) electrons. The number of ether oxygens (including phenoxy) is 2. The Labute approximate surface area is 110 Å². The zero-order valence-corrected chi connectivity index (χ0v) is 10.7. The van der Waals surface area contributed by atoms with Gasteiger partial charge in [-0.05, 0) is 36.2 Å². The van der Waals surface area contributed by atoms with Crippen LogP contribution in [-0.4, -0.2) is 14.2 Å². The summed E-state index contributed by atoms with van der Waals surface area (Å²) in [6, 6.07) is 7.14. The first-order valence-electron chi connectivity index (χ1n) is 5.60. The summed E-state index contributed by atoms with van der Waals surface area (Å²) in [4.78, 5) is 0. The molecule has 2 aromatic rings. The van der Waals surface area contributed by atoms with Crippen molar-refractivity contribution in [3.8, 4) is 22.6 Å². The minimum absolute atomic E-state index is 0.477. The van der Waals surface area contributed by atoms with E-state index in [9.17, 15) is 8.78 Å². The number of benzene rings is 2. The van der Waals surface area contributed by atoms with Gasteiger partial charge in [0.25, 0.3) is 0 Å². The number of hydrogen-bond acceptors (Lipinski definition) is 2. The molecule has 0 atom stereocenters. The second-order valence-corrected chi connectivity index (χ2v) is 3.96. The molecule has 0 saturated heterocycles. The summed E-state index contributed by atoms with van der Waals surface area (Å²) in [7, 11) is 3.02. The molecule has 0 aliphatic carbocycles. The van der Waals surface area contributed by atoms with Gasteiger partial charge in [-0.1, -0.05) is 12.1 Å². The maximum atomic E-state index is 13.3. The van der Waals surface area contributed by atoms with Gasteiger partial charge in [-0.15, -0.1) is 0 Å². The van der Waals surface area contributed by atoms with E-state index in [1.54, 1.807) is 12.1 Å². The molecule has 4 heteroatoms. The van der Waals surface area contributed by atoms with Crippen LogP contribution in [0.2, 0.25) is 0 Å². The lowest BCUT2D eigenvalue weighted by Crippen LogP contribution is -1.95. The molecule has 0 heterocycles. The van der Waals surface area contributed by atoms with Crippen molar-refractivity contribution in [2.24, 2.45) is 0 Å². The summed E-state index contributed by atoms with van der Waals surface area (Å²) >= 11 is 0. The fraction of sp³-hybridized carbons (Fsp3) is 0.133. The molecule has 99 valence electrons. The lowest BCUT2D eigenvalue weighted by atomic mass is 9.99. The summed E-state index contributed by atoms with van der Waals surface area (Å²) in [5.41, 5.74) is 1.76. The largest absolute Gasteiger partial charge is 0.493 e. The van der Waals surface area contributed by atoms with Gasteiger partial charge in [0.1, 0.15) is 0 Å². The van der Waals surface area contributed by atoms with Crippen LogP contribution in [0.3, 0.4) is 0 Å². The maximum Gasteiger partial charge on any atom is 0.164 e. The van der Waals surface area contributed by atoms with Crippen LogP contribution in [0.1, 0.15) is 5.56 Å². The van der Waals surface area contributed by atoms with E-state index >= 15 is 0 Å². The Kier molecular flexibility index (Phi) is 3.69. The highest BCUT2D eigenvalue weighted by atomic mass is 19.2. The summed E-state index contributed by atoms with van der Waals surface area (Å²) < 4.78 is 36.6. The van der Waals surface area contributed by atoms with Crippen molar-refractivity contribution in [3.05, 3.63) is 54.5 Å². The quantitative estimate of drug-likeness (QED) is 0.837. The summed E-state index contributed by atoms with van der Waals surface area (Å²) in [5, 5.41) is 0. The third-order valence-electron chi connectivity index (χ3n) is 2.88. The van der Waals surface area contributed by atoms with Gasteiger partial charge in [0.05, 0.1) is 14.2 Å². The summed E-state index contributed by atoms with van der Waals surface area (Å²) in [6.07, 6.45) is 0. The SMILES string of the molecule is [CH2]c1c(-c2ccc(F)c(F)c2)ccc(OC)c1OC. The molecule has 0 N–H and O–H groups in total. The molecule has 2 rings (SSSR count). The first kappa shape index (κ1) is 13.3. The standard InChI is InChI=1S/C15H13F2O2/c1-9-11(5-7-14(18-2)15(9)19-3)10-4-6-12(16)13(17)8-10/h4-8H,1H2,2-3H3. The van der Waals surface area contributed by atoms with Crippen LogP contribution in [0, 0.1) is 18.6 Å². The number of hydrogen-bond donors (Lipinski definition) is 0. The molecule has 0 unspecified atom stereocenters. The fourth-order valence-electron chi connectivity index (χ4n) is 1.92. The van der Waals surface area contributed by atoms with Crippen molar-refractivity contribution in [3.63, 3.8) is 0 Å². The monoisotopic (exact) mass is 263 g/mol. The van der Waals surface area contributed by atoms with Crippen molar-refractivity contribution >= 4 is 0 Å². The first-order chi connectivity index (χ1) is 9.08. The van der Waals surface area contributed by atoms with Crippen molar-refractivity contribution in [2.75, 3.05) is 14.2 Å². The lowest BCUT2D eigenvalue weighted by Gasteiger charge is -2.14. The molecule has 0 fully saturated rings. The van der Waals surface area contributed by atoms with Gasteiger partial charge >= 0.3 is 0 Å². The van der Waals surface area contributed by atoms with Gasteiger partial charge < -0.3 is 9.47 Å². The Morgan fingerprint density at radius 2 is 1.68 bits per heavy atom. The second-order valence-electron chi connectivity index (χ2n) is 3.96. The van der Waals surface area contributed by atoms with E-state index in [4.69, 9.17) is 9.47 Å². The normalized spacial score (nSPS) is 10.4. The maximum absolute atomic E-state index is 13.3. The Morgan fingerprint density at radius 3 is 2.26 bits per heavy atom. The van der Waals surface area contributed by atoms with E-state index in [2.05, 4.69) is 6.92 Å². The molecule has 0 aliphatic heterocycles. The topological polar surface area (TPSA) is 18.5 Å². The Morgan fingerprint density at radius 1 is 0.947 bits per heavy atom. The van der Waals surface area contributed by atoms with Gasteiger partial charge in [-0.2, -0.15) is 0 Å². The molecule has 2 nitrogen and oxygen atoms in total. The van der Waals surface area contributed by atoms with Gasteiger partial charge in [0, 0.05) is 5.56 Å². The van der Waals surface area contributed by atoms with Crippen molar-refractivity contribution in [1.82, 2.24) is 0 Å². The van der Waals surface area contributed by atoms with Crippen LogP contribution in [0.5, 0.6) is 11.5 Å². The zero-order chi connectivity index (χ0) is 14.0. The van der Waals surface area contributed by atoms with Crippen molar-refractivity contribution < 1.29 is 18.3 Å². The zero-order valence-electron chi connectivity index (χ0n) is 10.7. The van der Waals surface area contributed by atoms with E-state index in [0.717, 1.165) is 12.1 Å². The van der Waals surface area contributed by atoms with Gasteiger partial charge in [0.15, 0.2) is 23.1 Å². The molecular weight excluding hydrogens is 250 g/mol. The molecular formula is C15H13F2O2. The molecule has 0 amide bonds. The summed E-state index contributed by atoms with van der Waals surface area (Å²) in [6.45, 7) is 3.91. The Balaban J connectivity index is 2.59. The van der Waals surface area contributed by atoms with Crippen LogP contribution in [0.15, 0.2) is 30.3 Å². The van der Waals surface area contributed by atoms with E-state index in [-0.39, 0.29) is 0 Å². The minimum atomic E-state index is -0.897. The van der Waals surface area contributed by atoms with Crippen molar-refractivity contribution in [1.29, 1.82) is 0 Å². The third kappa shape index (κ3) is 2.38. The first-order valence-corrected chi connectivity index (χ1v) is 5.60. The molecule has 0 saturated carbocycles. The Hall–Kier alpha value is -2.10. The van der Waals surface area contributed by atoms with Crippen LogP contribution in [-0.2, 0) is 0 Å². The average Bonchev–Trinajstić information content (AvgIpc) is 2.41. The lowest BCUT2D eigenvalue weighted by molar-refractivity contribution is 0.354. The number of methoxy groups -OCH3 is 2. The van der Waals surface area contributed by atoms with E-state index in [1.807, 2.05) is 0 Å². The van der Waals surface area contributed by atoms with Crippen LogP contribution < -0.4 is 9.47 Å².